The van der Waals surface area contributed by atoms with Crippen molar-refractivity contribution >= 4 is 11.8 Å². The minimum Gasteiger partial charge on any atom is -0.350 e. The van der Waals surface area contributed by atoms with Crippen molar-refractivity contribution in [3.63, 3.8) is 0 Å². The van der Waals surface area contributed by atoms with Gasteiger partial charge in [-0.2, -0.15) is 5.10 Å². The summed E-state index contributed by atoms with van der Waals surface area (Å²) in [6.45, 7) is 0.178. The summed E-state index contributed by atoms with van der Waals surface area (Å²) < 4.78 is 17.4. The third-order valence-corrected chi connectivity index (χ3v) is 4.66. The van der Waals surface area contributed by atoms with Gasteiger partial charge in [-0.1, -0.05) is 42.5 Å². The van der Waals surface area contributed by atoms with Gasteiger partial charge in [-0.05, 0) is 29.8 Å². The number of hydrogen-bond acceptors (Lipinski definition) is 3. The van der Waals surface area contributed by atoms with Crippen LogP contribution >= 0.6 is 0 Å². The average Bonchev–Trinajstić information content (AvgIpc) is 3.47. The first-order valence-electron chi connectivity index (χ1n) is 9.68. The quantitative estimate of drug-likeness (QED) is 0.485. The van der Waals surface area contributed by atoms with E-state index in [1.807, 2.05) is 30.3 Å². The molecule has 0 bridgehead atoms. The van der Waals surface area contributed by atoms with Crippen molar-refractivity contribution in [3.05, 3.63) is 102 Å². The molecule has 0 unspecified atom stereocenters. The molecule has 2 N–H and O–H groups in total. The Bertz CT molecular complexity index is 1190. The van der Waals surface area contributed by atoms with Crippen LogP contribution in [0, 0.1) is 5.82 Å². The Balaban J connectivity index is 1.50. The lowest BCUT2D eigenvalue weighted by Gasteiger charge is -2.12. The lowest BCUT2D eigenvalue weighted by atomic mass is 10.2. The van der Waals surface area contributed by atoms with E-state index in [0.717, 1.165) is 5.56 Å². The summed E-state index contributed by atoms with van der Waals surface area (Å²) in [7, 11) is 0. The second-order valence-corrected chi connectivity index (χ2v) is 6.78. The van der Waals surface area contributed by atoms with Crippen molar-refractivity contribution in [2.24, 2.45) is 0 Å². The highest BCUT2D eigenvalue weighted by Crippen LogP contribution is 2.21. The van der Waals surface area contributed by atoms with Gasteiger partial charge in [-0.25, -0.2) is 9.07 Å². The zero-order valence-corrected chi connectivity index (χ0v) is 16.5. The summed E-state index contributed by atoms with van der Waals surface area (Å²) in [5.74, 6) is -0.897. The van der Waals surface area contributed by atoms with E-state index >= 15 is 0 Å². The summed E-state index contributed by atoms with van der Waals surface area (Å²) in [6, 6.07) is 19.2. The zero-order valence-electron chi connectivity index (χ0n) is 16.5. The maximum absolute atomic E-state index is 14.4. The molecule has 2 aromatic carbocycles. The predicted molar refractivity (Wildman–Crippen MR) is 113 cm³/mol. The van der Waals surface area contributed by atoms with E-state index in [1.54, 1.807) is 47.3 Å². The molecule has 31 heavy (non-hydrogen) atoms. The SMILES string of the molecule is O=C(CNC(=O)c1cnn(-c2ccccc2F)c1-n1cccc1)NCc1ccccc1. The Morgan fingerprint density at radius 3 is 2.35 bits per heavy atom. The number of benzene rings is 2. The number of amides is 2. The molecule has 0 spiro atoms. The molecule has 0 aliphatic carbocycles. The molecule has 0 aliphatic rings. The number of carbonyl (C=O) groups excluding carboxylic acids is 2. The fraction of sp³-hybridized carbons (Fsp3) is 0.0870. The fourth-order valence-electron chi connectivity index (χ4n) is 3.14. The van der Waals surface area contributed by atoms with Crippen LogP contribution in [0.2, 0.25) is 0 Å². The lowest BCUT2D eigenvalue weighted by molar-refractivity contribution is -0.120. The van der Waals surface area contributed by atoms with Gasteiger partial charge in [0.1, 0.15) is 17.1 Å². The summed E-state index contributed by atoms with van der Waals surface area (Å²) in [4.78, 5) is 25.0. The van der Waals surface area contributed by atoms with Crippen LogP contribution in [-0.2, 0) is 11.3 Å². The third kappa shape index (κ3) is 4.53. The molecule has 0 saturated heterocycles. The number of hydrogen-bond donors (Lipinski definition) is 2. The Kier molecular flexibility index (Phi) is 5.89. The molecule has 0 aliphatic heterocycles. The Morgan fingerprint density at radius 1 is 0.903 bits per heavy atom. The number of para-hydroxylation sites is 1. The van der Waals surface area contributed by atoms with E-state index in [1.165, 1.54) is 16.9 Å². The molecular weight excluding hydrogens is 397 g/mol. The van der Waals surface area contributed by atoms with E-state index in [4.69, 9.17) is 0 Å². The Hall–Kier alpha value is -4.20. The maximum atomic E-state index is 14.4. The van der Waals surface area contributed by atoms with E-state index in [2.05, 4.69) is 15.7 Å². The molecule has 156 valence electrons. The smallest absolute Gasteiger partial charge is 0.257 e. The van der Waals surface area contributed by atoms with Crippen LogP contribution in [0.3, 0.4) is 0 Å². The van der Waals surface area contributed by atoms with Crippen molar-refractivity contribution in [1.29, 1.82) is 0 Å². The van der Waals surface area contributed by atoms with Crippen LogP contribution in [-0.4, -0.2) is 32.7 Å². The molecule has 2 amide bonds. The average molecular weight is 417 g/mol. The van der Waals surface area contributed by atoms with Crippen molar-refractivity contribution in [1.82, 2.24) is 25.0 Å². The zero-order chi connectivity index (χ0) is 21.6. The molecule has 2 heterocycles. The van der Waals surface area contributed by atoms with Gasteiger partial charge in [-0.15, -0.1) is 0 Å². The first kappa shape index (κ1) is 20.1. The van der Waals surface area contributed by atoms with Gasteiger partial charge in [0.15, 0.2) is 5.82 Å². The lowest BCUT2D eigenvalue weighted by Crippen LogP contribution is -2.36. The van der Waals surface area contributed by atoms with E-state index < -0.39 is 11.7 Å². The molecule has 7 nitrogen and oxygen atoms in total. The molecule has 8 heteroatoms. The first-order valence-corrected chi connectivity index (χ1v) is 9.68. The summed E-state index contributed by atoms with van der Waals surface area (Å²) in [5.41, 5.74) is 1.39. The van der Waals surface area contributed by atoms with Crippen LogP contribution in [0.1, 0.15) is 15.9 Å². The molecule has 0 atom stereocenters. The highest BCUT2D eigenvalue weighted by Gasteiger charge is 2.21. The Labute approximate surface area is 178 Å². The van der Waals surface area contributed by atoms with Gasteiger partial charge in [0.25, 0.3) is 5.91 Å². The second-order valence-electron chi connectivity index (χ2n) is 6.78. The number of rotatable bonds is 7. The van der Waals surface area contributed by atoms with Gasteiger partial charge in [-0.3, -0.25) is 9.59 Å². The summed E-state index contributed by atoms with van der Waals surface area (Å²) in [6.07, 6.45) is 4.83. The standard InChI is InChI=1S/C23H20FN5O2/c24-19-10-4-5-11-20(19)29-23(28-12-6-7-13-28)18(15-27-29)22(31)26-16-21(30)25-14-17-8-2-1-3-9-17/h1-13,15H,14,16H2,(H,25,30)(H,26,31). The molecule has 0 radical (unpaired) electrons. The first-order chi connectivity index (χ1) is 15.1. The summed E-state index contributed by atoms with van der Waals surface area (Å²) >= 11 is 0. The van der Waals surface area contributed by atoms with Gasteiger partial charge in [0.05, 0.1) is 12.7 Å². The molecule has 4 aromatic rings. The van der Waals surface area contributed by atoms with Crippen molar-refractivity contribution in [3.8, 4) is 11.5 Å². The van der Waals surface area contributed by atoms with Gasteiger partial charge < -0.3 is 15.2 Å². The van der Waals surface area contributed by atoms with Gasteiger partial charge in [0.2, 0.25) is 5.91 Å². The summed E-state index contributed by atoms with van der Waals surface area (Å²) in [5, 5.41) is 9.58. The fourth-order valence-corrected chi connectivity index (χ4v) is 3.14. The molecule has 0 fully saturated rings. The van der Waals surface area contributed by atoms with E-state index in [0.29, 0.717) is 12.4 Å². The van der Waals surface area contributed by atoms with E-state index in [-0.39, 0.29) is 23.7 Å². The minimum atomic E-state index is -0.485. The van der Waals surface area contributed by atoms with Crippen molar-refractivity contribution in [2.75, 3.05) is 6.54 Å². The minimum absolute atomic E-state index is 0.193. The van der Waals surface area contributed by atoms with Gasteiger partial charge in [0, 0.05) is 18.9 Å². The molecule has 4 rings (SSSR count). The van der Waals surface area contributed by atoms with E-state index in [9.17, 15) is 14.0 Å². The number of nitrogens with zero attached hydrogens (tertiary/aromatic N) is 3. The maximum Gasteiger partial charge on any atom is 0.257 e. The van der Waals surface area contributed by atoms with Crippen molar-refractivity contribution < 1.29 is 14.0 Å². The number of halogens is 1. The van der Waals surface area contributed by atoms with Gasteiger partial charge >= 0.3 is 0 Å². The Morgan fingerprint density at radius 2 is 1.61 bits per heavy atom. The van der Waals surface area contributed by atoms with Crippen LogP contribution in [0.25, 0.3) is 11.5 Å². The normalized spacial score (nSPS) is 10.6. The molecule has 2 aromatic heterocycles. The van der Waals surface area contributed by atoms with Crippen LogP contribution < -0.4 is 10.6 Å². The van der Waals surface area contributed by atoms with Crippen molar-refractivity contribution in [2.45, 2.75) is 6.54 Å². The van der Waals surface area contributed by atoms with Crippen LogP contribution in [0.5, 0.6) is 0 Å². The molecule has 0 saturated carbocycles. The number of carbonyl (C=O) groups is 2. The second kappa shape index (κ2) is 9.08. The topological polar surface area (TPSA) is 81.0 Å². The number of nitrogens with one attached hydrogen (secondary N) is 2. The van der Waals surface area contributed by atoms with Crippen LogP contribution in [0.4, 0.5) is 4.39 Å². The highest BCUT2D eigenvalue weighted by molar-refractivity contribution is 5.99. The predicted octanol–water partition coefficient (Wildman–Crippen LogP) is 2.85. The monoisotopic (exact) mass is 417 g/mol. The highest BCUT2D eigenvalue weighted by atomic mass is 19.1. The molecular formula is C23H20FN5O2. The largest absolute Gasteiger partial charge is 0.350 e. The number of aromatic nitrogens is 3. The van der Waals surface area contributed by atoms with Crippen LogP contribution in [0.15, 0.2) is 85.3 Å². The third-order valence-electron chi connectivity index (χ3n) is 4.66.